The van der Waals surface area contributed by atoms with Crippen LogP contribution in [0, 0.1) is 0 Å². The van der Waals surface area contributed by atoms with Gasteiger partial charge in [-0.2, -0.15) is 4.31 Å². The number of benzene rings is 1. The first-order valence-corrected chi connectivity index (χ1v) is 12.0. The van der Waals surface area contributed by atoms with Crippen LogP contribution >= 0.6 is 11.3 Å². The van der Waals surface area contributed by atoms with Crippen molar-refractivity contribution in [3.63, 3.8) is 0 Å². The summed E-state index contributed by atoms with van der Waals surface area (Å²) in [6.07, 6.45) is 2.86. The van der Waals surface area contributed by atoms with Crippen molar-refractivity contribution < 1.29 is 17.9 Å². The van der Waals surface area contributed by atoms with Crippen LogP contribution in [0.5, 0.6) is 0 Å². The van der Waals surface area contributed by atoms with Crippen molar-refractivity contribution in [2.75, 3.05) is 13.1 Å². The molecule has 1 fully saturated rings. The van der Waals surface area contributed by atoms with E-state index in [9.17, 15) is 13.2 Å². The second-order valence-electron chi connectivity index (χ2n) is 6.94. The van der Waals surface area contributed by atoms with E-state index in [0.717, 1.165) is 24.8 Å². The number of nitrogens with zero attached hydrogens (tertiary/aromatic N) is 3. The molecule has 29 heavy (non-hydrogen) atoms. The molecule has 0 bridgehead atoms. The highest BCUT2D eigenvalue weighted by Gasteiger charge is 2.26. The van der Waals surface area contributed by atoms with E-state index >= 15 is 0 Å². The molecule has 0 saturated carbocycles. The van der Waals surface area contributed by atoms with Crippen molar-refractivity contribution >= 4 is 38.4 Å². The first kappa shape index (κ1) is 20.1. The number of sulfonamides is 1. The molecule has 0 spiro atoms. The van der Waals surface area contributed by atoms with Crippen molar-refractivity contribution in [2.24, 2.45) is 0 Å². The number of rotatable bonds is 6. The monoisotopic (exact) mass is 433 g/mol. The van der Waals surface area contributed by atoms with Crippen LogP contribution in [0.15, 0.2) is 40.6 Å². The summed E-state index contributed by atoms with van der Waals surface area (Å²) < 4.78 is 34.8. The predicted octanol–water partition coefficient (Wildman–Crippen LogP) is 3.65. The normalized spacial score (nSPS) is 15.6. The zero-order valence-corrected chi connectivity index (χ0v) is 17.8. The molecule has 0 atom stereocenters. The molecule has 3 heterocycles. The molecular weight excluding hydrogens is 410 g/mol. The fourth-order valence-electron chi connectivity index (χ4n) is 3.63. The highest BCUT2D eigenvalue weighted by Crippen LogP contribution is 2.25. The van der Waals surface area contributed by atoms with Gasteiger partial charge in [0.2, 0.25) is 10.0 Å². The average molecular weight is 434 g/mol. The molecule has 0 aliphatic carbocycles. The summed E-state index contributed by atoms with van der Waals surface area (Å²) in [5.41, 5.74) is 1.42. The zero-order valence-electron chi connectivity index (χ0n) is 16.2. The van der Waals surface area contributed by atoms with E-state index in [4.69, 9.17) is 4.74 Å². The molecular formula is C20H23N3O4S2. The van der Waals surface area contributed by atoms with E-state index in [-0.39, 0.29) is 17.5 Å². The molecule has 0 unspecified atom stereocenters. The maximum absolute atomic E-state index is 13.0. The Kier molecular flexibility index (Phi) is 5.71. The van der Waals surface area contributed by atoms with Crippen LogP contribution in [0.2, 0.25) is 0 Å². The first-order valence-electron chi connectivity index (χ1n) is 9.70. The first-order chi connectivity index (χ1) is 14.0. The summed E-state index contributed by atoms with van der Waals surface area (Å²) in [4.78, 5) is 17.5. The Morgan fingerprint density at radius 2 is 2.00 bits per heavy atom. The summed E-state index contributed by atoms with van der Waals surface area (Å²) in [5, 5.41) is 1.82. The van der Waals surface area contributed by atoms with E-state index in [1.807, 2.05) is 16.9 Å². The smallest absolute Gasteiger partial charge is 0.348 e. The SMILES string of the molecule is CCn1c(COC(=O)c2cccs2)nc2cc(S(=O)(=O)N3CCCCC3)ccc21. The Morgan fingerprint density at radius 3 is 2.69 bits per heavy atom. The highest BCUT2D eigenvalue weighted by atomic mass is 32.2. The van der Waals surface area contributed by atoms with E-state index < -0.39 is 10.0 Å². The Labute approximate surface area is 174 Å². The van der Waals surface area contributed by atoms with Crippen LogP contribution < -0.4 is 0 Å². The van der Waals surface area contributed by atoms with Gasteiger partial charge in [0.1, 0.15) is 17.3 Å². The number of carbonyl (C=O) groups excluding carboxylic acids is 1. The second kappa shape index (κ2) is 8.25. The lowest BCUT2D eigenvalue weighted by molar-refractivity contribution is 0.0464. The molecule has 0 amide bonds. The fraction of sp³-hybridized carbons (Fsp3) is 0.400. The Hall–Kier alpha value is -2.23. The second-order valence-corrected chi connectivity index (χ2v) is 9.83. The quantitative estimate of drug-likeness (QED) is 0.554. The minimum absolute atomic E-state index is 0.0352. The van der Waals surface area contributed by atoms with Crippen LogP contribution in [-0.2, 0) is 27.9 Å². The van der Waals surface area contributed by atoms with E-state index in [0.29, 0.717) is 35.9 Å². The predicted molar refractivity (Wildman–Crippen MR) is 111 cm³/mol. The molecule has 0 N–H and O–H groups in total. The number of esters is 1. The fourth-order valence-corrected chi connectivity index (χ4v) is 5.79. The van der Waals surface area contributed by atoms with Gasteiger partial charge in [-0.05, 0) is 49.4 Å². The molecule has 7 nitrogen and oxygen atoms in total. The Morgan fingerprint density at radius 1 is 1.21 bits per heavy atom. The zero-order chi connectivity index (χ0) is 20.4. The summed E-state index contributed by atoms with van der Waals surface area (Å²) in [7, 11) is -3.52. The van der Waals surface area contributed by atoms with Gasteiger partial charge in [-0.1, -0.05) is 12.5 Å². The van der Waals surface area contributed by atoms with Crippen LogP contribution in [0.1, 0.15) is 41.7 Å². The Bertz CT molecular complexity index is 1110. The van der Waals surface area contributed by atoms with Gasteiger partial charge in [-0.15, -0.1) is 11.3 Å². The van der Waals surface area contributed by atoms with Crippen molar-refractivity contribution in [2.45, 2.75) is 44.2 Å². The molecule has 3 aromatic rings. The van der Waals surface area contributed by atoms with Crippen molar-refractivity contribution in [3.8, 4) is 0 Å². The number of thiophene rings is 1. The van der Waals surface area contributed by atoms with Gasteiger partial charge in [-0.3, -0.25) is 0 Å². The van der Waals surface area contributed by atoms with E-state index in [1.165, 1.54) is 11.3 Å². The number of carbonyl (C=O) groups is 1. The third kappa shape index (κ3) is 3.94. The maximum Gasteiger partial charge on any atom is 0.348 e. The van der Waals surface area contributed by atoms with E-state index in [1.54, 1.807) is 34.6 Å². The molecule has 4 rings (SSSR count). The minimum Gasteiger partial charge on any atom is -0.453 e. The summed E-state index contributed by atoms with van der Waals surface area (Å²) in [6.45, 7) is 3.78. The Balaban J connectivity index is 1.61. The molecule has 1 aromatic carbocycles. The number of aryl methyl sites for hydroxylation is 1. The van der Waals surface area contributed by atoms with Crippen LogP contribution in [0.4, 0.5) is 0 Å². The maximum atomic E-state index is 13.0. The molecule has 9 heteroatoms. The van der Waals surface area contributed by atoms with Crippen molar-refractivity contribution in [1.29, 1.82) is 0 Å². The number of ether oxygens (including phenoxy) is 1. The van der Waals surface area contributed by atoms with E-state index in [2.05, 4.69) is 4.98 Å². The third-order valence-electron chi connectivity index (χ3n) is 5.12. The van der Waals surface area contributed by atoms with Crippen molar-refractivity contribution in [3.05, 3.63) is 46.4 Å². The molecule has 1 aliphatic rings. The lowest BCUT2D eigenvalue weighted by Gasteiger charge is -2.25. The molecule has 154 valence electrons. The average Bonchev–Trinajstić information content (AvgIpc) is 3.39. The number of fused-ring (bicyclic) bond motifs is 1. The van der Waals surface area contributed by atoms with Gasteiger partial charge in [0.05, 0.1) is 15.9 Å². The molecule has 0 radical (unpaired) electrons. The van der Waals surface area contributed by atoms with Crippen molar-refractivity contribution in [1.82, 2.24) is 13.9 Å². The summed E-state index contributed by atoms with van der Waals surface area (Å²) >= 11 is 1.33. The van der Waals surface area contributed by atoms with Gasteiger partial charge in [-0.25, -0.2) is 18.2 Å². The molecule has 1 saturated heterocycles. The largest absolute Gasteiger partial charge is 0.453 e. The minimum atomic E-state index is -3.52. The number of piperidine rings is 1. The standard InChI is InChI=1S/C20H23N3O4S2/c1-2-23-17-9-8-15(29(25,26)22-10-4-3-5-11-22)13-16(17)21-19(23)14-27-20(24)18-7-6-12-28-18/h6-9,12-13H,2-5,10-11,14H2,1H3. The van der Waals surface area contributed by atoms with Crippen LogP contribution in [0.3, 0.4) is 0 Å². The van der Waals surface area contributed by atoms with Crippen LogP contribution in [-0.4, -0.2) is 41.3 Å². The van der Waals surface area contributed by atoms with Gasteiger partial charge in [0.15, 0.2) is 0 Å². The topological polar surface area (TPSA) is 81.5 Å². The summed E-state index contributed by atoms with van der Waals surface area (Å²) in [5.74, 6) is 0.211. The third-order valence-corrected chi connectivity index (χ3v) is 7.87. The molecule has 1 aliphatic heterocycles. The summed E-state index contributed by atoms with van der Waals surface area (Å²) in [6, 6.07) is 8.56. The number of hydrogen-bond donors (Lipinski definition) is 0. The lowest BCUT2D eigenvalue weighted by atomic mass is 10.2. The molecule has 2 aromatic heterocycles. The van der Waals surface area contributed by atoms with Gasteiger partial charge in [0.25, 0.3) is 0 Å². The number of aromatic nitrogens is 2. The number of imidazole rings is 1. The lowest BCUT2D eigenvalue weighted by Crippen LogP contribution is -2.35. The highest BCUT2D eigenvalue weighted by molar-refractivity contribution is 7.89. The van der Waals surface area contributed by atoms with Gasteiger partial charge >= 0.3 is 5.97 Å². The van der Waals surface area contributed by atoms with Gasteiger partial charge in [0, 0.05) is 19.6 Å². The van der Waals surface area contributed by atoms with Crippen LogP contribution in [0.25, 0.3) is 11.0 Å². The van der Waals surface area contributed by atoms with Gasteiger partial charge < -0.3 is 9.30 Å². The number of hydrogen-bond acceptors (Lipinski definition) is 6.